The van der Waals surface area contributed by atoms with Crippen molar-refractivity contribution < 1.29 is 0 Å². The smallest absolute Gasteiger partial charge is 0.266 e. The summed E-state index contributed by atoms with van der Waals surface area (Å²) >= 11 is 0. The van der Waals surface area contributed by atoms with Crippen molar-refractivity contribution in [2.75, 3.05) is 0 Å². The average molecular weight is 139 g/mol. The van der Waals surface area contributed by atoms with E-state index in [1.165, 1.54) is 6.20 Å². The summed E-state index contributed by atoms with van der Waals surface area (Å²) in [4.78, 5) is 14.3. The molecule has 4 nitrogen and oxygen atoms in total. The number of hydrogen-bond donors (Lipinski definition) is 1. The van der Waals surface area contributed by atoms with E-state index in [1.807, 2.05) is 13.8 Å². The van der Waals surface area contributed by atoms with Crippen molar-refractivity contribution >= 4 is 0 Å². The molecule has 10 heavy (non-hydrogen) atoms. The van der Waals surface area contributed by atoms with Crippen LogP contribution in [0.5, 0.6) is 0 Å². The van der Waals surface area contributed by atoms with E-state index in [0.717, 1.165) is 0 Å². The second-order valence-corrected chi connectivity index (χ2v) is 2.36. The van der Waals surface area contributed by atoms with Gasteiger partial charge in [0.1, 0.15) is 0 Å². The highest BCUT2D eigenvalue weighted by molar-refractivity contribution is 4.87. The SMILES string of the molecule is CC(C)c1ncc(=O)[nH]n1. The van der Waals surface area contributed by atoms with E-state index in [2.05, 4.69) is 15.2 Å². The van der Waals surface area contributed by atoms with Gasteiger partial charge in [0.05, 0.1) is 6.20 Å². The van der Waals surface area contributed by atoms with Gasteiger partial charge in [-0.05, 0) is 0 Å². The van der Waals surface area contributed by atoms with Crippen molar-refractivity contribution in [3.63, 3.8) is 0 Å². The van der Waals surface area contributed by atoms with Gasteiger partial charge in [0, 0.05) is 5.92 Å². The molecule has 1 rings (SSSR count). The van der Waals surface area contributed by atoms with Gasteiger partial charge in [-0.15, -0.1) is 0 Å². The van der Waals surface area contributed by atoms with E-state index in [-0.39, 0.29) is 11.5 Å². The van der Waals surface area contributed by atoms with Gasteiger partial charge < -0.3 is 0 Å². The lowest BCUT2D eigenvalue weighted by molar-refractivity contribution is 0.726. The molecule has 0 amide bonds. The Morgan fingerprint density at radius 1 is 1.60 bits per heavy atom. The molecule has 54 valence electrons. The molecular formula is C6H9N3O. The van der Waals surface area contributed by atoms with Crippen LogP contribution in [0.25, 0.3) is 0 Å². The summed E-state index contributed by atoms with van der Waals surface area (Å²) in [6.07, 6.45) is 1.24. The van der Waals surface area contributed by atoms with Crippen molar-refractivity contribution in [3.05, 3.63) is 22.4 Å². The standard InChI is InChI=1S/C6H9N3O/c1-4(2)6-7-3-5(10)8-9-6/h3-4H,1-2H3,(H,8,10). The third-order valence-electron chi connectivity index (χ3n) is 1.11. The third-order valence-corrected chi connectivity index (χ3v) is 1.11. The molecule has 0 saturated heterocycles. The van der Waals surface area contributed by atoms with Crippen LogP contribution >= 0.6 is 0 Å². The first-order valence-electron chi connectivity index (χ1n) is 3.12. The van der Waals surface area contributed by atoms with Gasteiger partial charge in [0.2, 0.25) is 0 Å². The van der Waals surface area contributed by atoms with Crippen molar-refractivity contribution in [1.29, 1.82) is 0 Å². The Hall–Kier alpha value is -1.19. The van der Waals surface area contributed by atoms with Crippen LogP contribution in [-0.4, -0.2) is 15.2 Å². The Balaban J connectivity index is 3.00. The van der Waals surface area contributed by atoms with Gasteiger partial charge in [-0.3, -0.25) is 4.79 Å². The first kappa shape index (κ1) is 6.92. The molecule has 0 radical (unpaired) electrons. The summed E-state index contributed by atoms with van der Waals surface area (Å²) in [5, 5.41) is 6.04. The lowest BCUT2D eigenvalue weighted by Crippen LogP contribution is -2.11. The molecule has 0 aromatic carbocycles. The maximum atomic E-state index is 10.5. The first-order chi connectivity index (χ1) is 4.70. The minimum absolute atomic E-state index is 0.260. The fourth-order valence-electron chi connectivity index (χ4n) is 0.573. The quantitative estimate of drug-likeness (QED) is 0.608. The number of nitrogens with zero attached hydrogens (tertiary/aromatic N) is 2. The number of rotatable bonds is 1. The maximum Gasteiger partial charge on any atom is 0.282 e. The van der Waals surface area contributed by atoms with Gasteiger partial charge in [0.25, 0.3) is 5.56 Å². The van der Waals surface area contributed by atoms with Crippen molar-refractivity contribution in [2.45, 2.75) is 19.8 Å². The minimum Gasteiger partial charge on any atom is -0.266 e. The molecule has 0 aliphatic rings. The van der Waals surface area contributed by atoms with Crippen LogP contribution in [0.2, 0.25) is 0 Å². The molecule has 1 aromatic rings. The molecule has 1 N–H and O–H groups in total. The maximum absolute atomic E-state index is 10.5. The summed E-state index contributed by atoms with van der Waals surface area (Å²) < 4.78 is 0. The zero-order valence-corrected chi connectivity index (χ0v) is 5.96. The number of aromatic amines is 1. The van der Waals surface area contributed by atoms with Crippen LogP contribution in [0.3, 0.4) is 0 Å². The van der Waals surface area contributed by atoms with Gasteiger partial charge in [-0.2, -0.15) is 5.10 Å². The first-order valence-corrected chi connectivity index (χ1v) is 3.12. The van der Waals surface area contributed by atoms with E-state index in [9.17, 15) is 4.79 Å². The molecule has 1 aromatic heterocycles. The highest BCUT2D eigenvalue weighted by Gasteiger charge is 1.99. The molecule has 0 fully saturated rings. The average Bonchev–Trinajstić information content (AvgIpc) is 1.88. The summed E-state index contributed by atoms with van der Waals surface area (Å²) in [5.74, 6) is 0.927. The Labute approximate surface area is 58.3 Å². The van der Waals surface area contributed by atoms with Crippen molar-refractivity contribution in [3.8, 4) is 0 Å². The topological polar surface area (TPSA) is 58.6 Å². The van der Waals surface area contributed by atoms with E-state index in [1.54, 1.807) is 0 Å². The molecule has 0 bridgehead atoms. The fourth-order valence-corrected chi connectivity index (χ4v) is 0.573. The molecule has 0 aliphatic carbocycles. The molecule has 0 spiro atoms. The highest BCUT2D eigenvalue weighted by atomic mass is 16.1. The highest BCUT2D eigenvalue weighted by Crippen LogP contribution is 2.03. The number of hydrogen-bond acceptors (Lipinski definition) is 3. The Morgan fingerprint density at radius 2 is 2.30 bits per heavy atom. The van der Waals surface area contributed by atoms with E-state index in [0.29, 0.717) is 5.82 Å². The lowest BCUT2D eigenvalue weighted by atomic mass is 10.2. The van der Waals surface area contributed by atoms with Crippen LogP contribution < -0.4 is 5.56 Å². The van der Waals surface area contributed by atoms with Crippen LogP contribution in [0.1, 0.15) is 25.6 Å². The summed E-state index contributed by atoms with van der Waals surface area (Å²) in [7, 11) is 0. The summed E-state index contributed by atoms with van der Waals surface area (Å²) in [6.45, 7) is 3.93. The Kier molecular flexibility index (Phi) is 1.80. The number of nitrogens with one attached hydrogen (secondary N) is 1. The largest absolute Gasteiger partial charge is 0.282 e. The predicted molar refractivity (Wildman–Crippen MR) is 36.7 cm³/mol. The predicted octanol–water partition coefficient (Wildman–Crippen LogP) is 0.288. The molecule has 4 heteroatoms. The monoisotopic (exact) mass is 139 g/mol. The van der Waals surface area contributed by atoms with E-state index in [4.69, 9.17) is 0 Å². The van der Waals surface area contributed by atoms with Crippen LogP contribution in [-0.2, 0) is 0 Å². The minimum atomic E-state index is -0.260. The molecule has 0 atom stereocenters. The normalized spacial score (nSPS) is 10.3. The second-order valence-electron chi connectivity index (χ2n) is 2.36. The van der Waals surface area contributed by atoms with E-state index >= 15 is 0 Å². The van der Waals surface area contributed by atoms with Crippen LogP contribution in [0, 0.1) is 0 Å². The zero-order valence-electron chi connectivity index (χ0n) is 5.96. The third kappa shape index (κ3) is 1.40. The van der Waals surface area contributed by atoms with Gasteiger partial charge in [0.15, 0.2) is 5.82 Å². The molecule has 0 aliphatic heterocycles. The number of aromatic nitrogens is 3. The Morgan fingerprint density at radius 3 is 2.70 bits per heavy atom. The molecule has 1 heterocycles. The van der Waals surface area contributed by atoms with Crippen LogP contribution in [0.4, 0.5) is 0 Å². The molecular weight excluding hydrogens is 130 g/mol. The van der Waals surface area contributed by atoms with Gasteiger partial charge in [-0.25, -0.2) is 10.1 Å². The summed E-state index contributed by atoms with van der Waals surface area (Å²) in [6, 6.07) is 0. The molecule has 0 saturated carbocycles. The van der Waals surface area contributed by atoms with Gasteiger partial charge >= 0.3 is 0 Å². The fraction of sp³-hybridized carbons (Fsp3) is 0.500. The number of H-pyrrole nitrogens is 1. The molecule has 0 unspecified atom stereocenters. The lowest BCUT2D eigenvalue weighted by Gasteiger charge is -1.98. The zero-order chi connectivity index (χ0) is 7.56. The van der Waals surface area contributed by atoms with Crippen molar-refractivity contribution in [1.82, 2.24) is 15.2 Å². The van der Waals surface area contributed by atoms with Gasteiger partial charge in [-0.1, -0.05) is 13.8 Å². The second kappa shape index (κ2) is 2.60. The van der Waals surface area contributed by atoms with E-state index < -0.39 is 0 Å². The summed E-state index contributed by atoms with van der Waals surface area (Å²) in [5.41, 5.74) is -0.260. The Bertz CT molecular complexity index is 245. The van der Waals surface area contributed by atoms with Crippen LogP contribution in [0.15, 0.2) is 11.0 Å². The van der Waals surface area contributed by atoms with Crippen molar-refractivity contribution in [2.24, 2.45) is 0 Å².